The van der Waals surface area contributed by atoms with Gasteiger partial charge in [0.15, 0.2) is 0 Å². The molecule has 59 valence electrons. The Labute approximate surface area is 67.6 Å². The van der Waals surface area contributed by atoms with Gasteiger partial charge in [-0.15, -0.1) is 0 Å². The van der Waals surface area contributed by atoms with E-state index >= 15 is 0 Å². The number of hydrogen-bond donors (Lipinski definition) is 0. The van der Waals surface area contributed by atoms with Crippen molar-refractivity contribution in [3.63, 3.8) is 0 Å². The largest absolute Gasteiger partial charge is 0.357 e. The van der Waals surface area contributed by atoms with Gasteiger partial charge in [0, 0.05) is 19.3 Å². The lowest BCUT2D eigenvalue weighted by Gasteiger charge is -2.28. The van der Waals surface area contributed by atoms with Crippen LogP contribution >= 0.6 is 0 Å². The zero-order chi connectivity index (χ0) is 7.52. The van der Waals surface area contributed by atoms with E-state index in [4.69, 9.17) is 0 Å². The van der Waals surface area contributed by atoms with Gasteiger partial charge < -0.3 is 4.90 Å². The predicted octanol–water partition coefficient (Wildman–Crippen LogP) is 1.45. The zero-order valence-electron chi connectivity index (χ0n) is 6.66. The van der Waals surface area contributed by atoms with Crippen LogP contribution in [0.4, 0.5) is 0 Å². The fourth-order valence-electron chi connectivity index (χ4n) is 1.60. The Morgan fingerprint density at radius 2 is 2.00 bits per heavy atom. The molecule has 0 aromatic heterocycles. The third kappa shape index (κ3) is 1.39. The van der Waals surface area contributed by atoms with Crippen molar-refractivity contribution in [2.75, 3.05) is 13.1 Å². The molecule has 2 heteroatoms. The van der Waals surface area contributed by atoms with Crippen LogP contribution in [0.1, 0.15) is 19.3 Å². The van der Waals surface area contributed by atoms with Gasteiger partial charge in [-0.05, 0) is 31.4 Å². The fraction of sp³-hybridized carbons (Fsp3) is 0.556. The first kappa shape index (κ1) is 6.77. The third-order valence-corrected chi connectivity index (χ3v) is 2.22. The molecule has 1 fully saturated rings. The lowest BCUT2D eigenvalue weighted by atomic mass is 10.1. The third-order valence-electron chi connectivity index (χ3n) is 2.22. The van der Waals surface area contributed by atoms with Crippen LogP contribution < -0.4 is 5.32 Å². The molecule has 0 atom stereocenters. The second kappa shape index (κ2) is 2.99. The van der Waals surface area contributed by atoms with Crippen LogP contribution in [0.25, 0.3) is 0 Å². The van der Waals surface area contributed by atoms with Gasteiger partial charge in [0.25, 0.3) is 0 Å². The molecule has 0 amide bonds. The number of rotatable bonds is 1. The molecule has 0 unspecified atom stereocenters. The number of nitrogens with zero attached hydrogens (tertiary/aromatic N) is 2. The van der Waals surface area contributed by atoms with Crippen molar-refractivity contribution in [2.24, 2.45) is 0 Å². The maximum Gasteiger partial charge on any atom is 0.128 e. The molecule has 2 heterocycles. The zero-order valence-corrected chi connectivity index (χ0v) is 6.66. The molecule has 1 radical (unpaired) electrons. The molecule has 1 saturated heterocycles. The Morgan fingerprint density at radius 1 is 1.18 bits per heavy atom. The van der Waals surface area contributed by atoms with Gasteiger partial charge in [-0.2, -0.15) is 0 Å². The number of allylic oxidation sites excluding steroid dienone is 2. The summed E-state index contributed by atoms with van der Waals surface area (Å²) in [5, 5.41) is 4.27. The first-order valence-electron chi connectivity index (χ1n) is 4.29. The average Bonchev–Trinajstić information content (AvgIpc) is 2.58. The first-order valence-corrected chi connectivity index (χ1v) is 4.29. The molecule has 11 heavy (non-hydrogen) atoms. The van der Waals surface area contributed by atoms with E-state index in [1.165, 1.54) is 32.4 Å². The Bertz CT molecular complexity index is 188. The smallest absolute Gasteiger partial charge is 0.128 e. The number of hydrogen-bond acceptors (Lipinski definition) is 1. The molecule has 2 rings (SSSR count). The van der Waals surface area contributed by atoms with Crippen molar-refractivity contribution < 1.29 is 0 Å². The molecular weight excluding hydrogens is 136 g/mol. The summed E-state index contributed by atoms with van der Waals surface area (Å²) in [6.07, 6.45) is 10.00. The second-order valence-corrected chi connectivity index (χ2v) is 3.04. The van der Waals surface area contributed by atoms with E-state index in [2.05, 4.69) is 16.3 Å². The predicted molar refractivity (Wildman–Crippen MR) is 44.8 cm³/mol. The highest BCUT2D eigenvalue weighted by Gasteiger charge is 2.13. The van der Waals surface area contributed by atoms with Crippen LogP contribution in [0, 0.1) is 0 Å². The summed E-state index contributed by atoms with van der Waals surface area (Å²) in [5.41, 5.74) is 0. The normalized spacial score (nSPS) is 23.3. The van der Waals surface area contributed by atoms with Gasteiger partial charge in [-0.1, -0.05) is 0 Å². The fourth-order valence-corrected chi connectivity index (χ4v) is 1.60. The summed E-state index contributed by atoms with van der Waals surface area (Å²) in [7, 11) is 0. The van der Waals surface area contributed by atoms with Crippen molar-refractivity contribution in [3.05, 3.63) is 24.2 Å². The molecule has 0 aromatic carbocycles. The molecule has 0 N–H and O–H groups in total. The van der Waals surface area contributed by atoms with E-state index < -0.39 is 0 Å². The second-order valence-electron chi connectivity index (χ2n) is 3.04. The first-order chi connectivity index (χ1) is 5.47. The highest BCUT2D eigenvalue weighted by Crippen LogP contribution is 2.15. The highest BCUT2D eigenvalue weighted by atomic mass is 15.2. The van der Waals surface area contributed by atoms with Gasteiger partial charge >= 0.3 is 0 Å². The Balaban J connectivity index is 1.93. The molecule has 0 spiro atoms. The monoisotopic (exact) mass is 149 g/mol. The summed E-state index contributed by atoms with van der Waals surface area (Å²) < 4.78 is 0. The van der Waals surface area contributed by atoms with Crippen molar-refractivity contribution >= 4 is 0 Å². The molecule has 0 aromatic rings. The average molecular weight is 149 g/mol. The maximum atomic E-state index is 4.27. The van der Waals surface area contributed by atoms with E-state index in [0.29, 0.717) is 0 Å². The Morgan fingerprint density at radius 3 is 2.64 bits per heavy atom. The lowest BCUT2D eigenvalue weighted by Crippen LogP contribution is -2.30. The summed E-state index contributed by atoms with van der Waals surface area (Å²) in [6, 6.07) is 0. The van der Waals surface area contributed by atoms with E-state index in [1.54, 1.807) is 0 Å². The van der Waals surface area contributed by atoms with Crippen LogP contribution in [0.2, 0.25) is 0 Å². The van der Waals surface area contributed by atoms with Gasteiger partial charge in [0.1, 0.15) is 5.82 Å². The van der Waals surface area contributed by atoms with Crippen LogP contribution in [-0.2, 0) is 0 Å². The van der Waals surface area contributed by atoms with Crippen LogP contribution in [-0.4, -0.2) is 18.0 Å². The van der Waals surface area contributed by atoms with Crippen LogP contribution in [0.3, 0.4) is 0 Å². The molecule has 2 aliphatic heterocycles. The van der Waals surface area contributed by atoms with Gasteiger partial charge in [-0.3, -0.25) is 0 Å². The van der Waals surface area contributed by atoms with Gasteiger partial charge in [0.05, 0.1) is 0 Å². The van der Waals surface area contributed by atoms with E-state index in [-0.39, 0.29) is 0 Å². The van der Waals surface area contributed by atoms with E-state index in [1.807, 2.05) is 12.3 Å². The minimum Gasteiger partial charge on any atom is -0.357 e. The molecule has 2 aliphatic rings. The Hall–Kier alpha value is -0.920. The topological polar surface area (TPSA) is 17.3 Å². The van der Waals surface area contributed by atoms with Crippen molar-refractivity contribution in [2.45, 2.75) is 19.3 Å². The van der Waals surface area contributed by atoms with Gasteiger partial charge in [-0.25, -0.2) is 5.32 Å². The molecular formula is C9H13N2. The summed E-state index contributed by atoms with van der Waals surface area (Å²) in [4.78, 5) is 2.36. The Kier molecular flexibility index (Phi) is 1.84. The maximum absolute atomic E-state index is 4.27. The minimum atomic E-state index is 1.16. The van der Waals surface area contributed by atoms with Crippen LogP contribution in [0.5, 0.6) is 0 Å². The van der Waals surface area contributed by atoms with Gasteiger partial charge in [0.2, 0.25) is 0 Å². The van der Waals surface area contributed by atoms with Crippen molar-refractivity contribution in [1.29, 1.82) is 0 Å². The minimum absolute atomic E-state index is 1.16. The molecule has 0 bridgehead atoms. The summed E-state index contributed by atoms with van der Waals surface area (Å²) >= 11 is 0. The molecule has 0 aliphatic carbocycles. The van der Waals surface area contributed by atoms with Crippen LogP contribution in [0.15, 0.2) is 24.2 Å². The van der Waals surface area contributed by atoms with E-state index in [9.17, 15) is 0 Å². The number of piperidine rings is 1. The van der Waals surface area contributed by atoms with E-state index in [0.717, 1.165) is 5.82 Å². The quantitative estimate of drug-likeness (QED) is 0.551. The van der Waals surface area contributed by atoms with Crippen molar-refractivity contribution in [3.8, 4) is 0 Å². The SMILES string of the molecule is C1=C[N]C(N2CCCCC2)=C1. The summed E-state index contributed by atoms with van der Waals surface area (Å²) in [5.74, 6) is 1.16. The summed E-state index contributed by atoms with van der Waals surface area (Å²) in [6.45, 7) is 2.38. The standard InChI is InChI=1S/C9H13N2/c1-2-7-11(8-3-1)9-5-4-6-10-9/h4-6H,1-3,7-8H2. The van der Waals surface area contributed by atoms with Crippen molar-refractivity contribution in [1.82, 2.24) is 10.2 Å². The molecule has 0 saturated carbocycles. The number of likely N-dealkylation sites (tertiary alicyclic amines) is 1. The highest BCUT2D eigenvalue weighted by molar-refractivity contribution is 5.18. The molecule has 2 nitrogen and oxygen atoms in total. The lowest BCUT2D eigenvalue weighted by molar-refractivity contribution is 0.274.